The van der Waals surface area contributed by atoms with Crippen LogP contribution in [-0.4, -0.2) is 27.2 Å². The summed E-state index contributed by atoms with van der Waals surface area (Å²) < 4.78 is 10.5. The number of esters is 1. The summed E-state index contributed by atoms with van der Waals surface area (Å²) in [5.41, 5.74) is 1.45. The van der Waals surface area contributed by atoms with E-state index in [-0.39, 0.29) is 0 Å². The molecule has 0 heterocycles. The van der Waals surface area contributed by atoms with Crippen molar-refractivity contribution < 1.29 is 14.3 Å². The molecule has 0 saturated carbocycles. The van der Waals surface area contributed by atoms with Crippen LogP contribution < -0.4 is 14.4 Å². The number of carbonyl (C=O) groups excluding carboxylic acids is 1. The summed E-state index contributed by atoms with van der Waals surface area (Å²) in [6.07, 6.45) is 0. The number of methoxy groups -OCH3 is 1. The van der Waals surface area contributed by atoms with Crippen LogP contribution in [-0.2, 0) is 0 Å². The number of rotatable bonds is 4. The van der Waals surface area contributed by atoms with Gasteiger partial charge in [0.25, 0.3) is 0 Å². The maximum atomic E-state index is 12.2. The zero-order valence-electron chi connectivity index (χ0n) is 11.8. The van der Waals surface area contributed by atoms with Crippen LogP contribution in [0, 0.1) is 0 Å². The molecule has 0 amide bonds. The summed E-state index contributed by atoms with van der Waals surface area (Å²) in [7, 11) is 5.38. The van der Waals surface area contributed by atoms with Crippen LogP contribution in [0.5, 0.6) is 11.5 Å². The standard InChI is InChI=1S/C16H17NO3/c1-17(2)13-8-6-7-12(11-13)16(18)20-15-10-5-4-9-14(15)19-3/h4-11H,1-3H3. The molecule has 4 heteroatoms. The summed E-state index contributed by atoms with van der Waals surface area (Å²) in [6.45, 7) is 0. The Bertz CT molecular complexity index is 608. The third-order valence-corrected chi connectivity index (χ3v) is 2.87. The minimum atomic E-state index is -0.404. The summed E-state index contributed by atoms with van der Waals surface area (Å²) in [5.74, 6) is 0.540. The van der Waals surface area contributed by atoms with E-state index in [9.17, 15) is 4.79 Å². The molecular weight excluding hydrogens is 254 g/mol. The predicted molar refractivity (Wildman–Crippen MR) is 78.7 cm³/mol. The number of carbonyl (C=O) groups is 1. The minimum Gasteiger partial charge on any atom is -0.493 e. The Kier molecular flexibility index (Phi) is 4.25. The van der Waals surface area contributed by atoms with Gasteiger partial charge >= 0.3 is 5.97 Å². The lowest BCUT2D eigenvalue weighted by Crippen LogP contribution is -2.12. The molecule has 0 aromatic heterocycles. The molecule has 0 aliphatic heterocycles. The second kappa shape index (κ2) is 6.10. The first-order valence-electron chi connectivity index (χ1n) is 6.24. The van der Waals surface area contributed by atoms with Crippen LogP contribution in [0.4, 0.5) is 5.69 Å². The molecule has 0 N–H and O–H groups in total. The molecule has 0 aliphatic rings. The predicted octanol–water partition coefficient (Wildman–Crippen LogP) is 2.98. The fraction of sp³-hybridized carbons (Fsp3) is 0.188. The van der Waals surface area contributed by atoms with Crippen molar-refractivity contribution in [3.05, 3.63) is 54.1 Å². The highest BCUT2D eigenvalue weighted by Crippen LogP contribution is 2.27. The smallest absolute Gasteiger partial charge is 0.343 e. The molecule has 0 atom stereocenters. The van der Waals surface area contributed by atoms with Gasteiger partial charge in [-0.15, -0.1) is 0 Å². The van der Waals surface area contributed by atoms with Crippen LogP contribution in [0.1, 0.15) is 10.4 Å². The van der Waals surface area contributed by atoms with E-state index in [0.29, 0.717) is 17.1 Å². The summed E-state index contributed by atoms with van der Waals surface area (Å²) >= 11 is 0. The molecule has 0 saturated heterocycles. The molecule has 20 heavy (non-hydrogen) atoms. The third-order valence-electron chi connectivity index (χ3n) is 2.87. The number of benzene rings is 2. The van der Waals surface area contributed by atoms with Gasteiger partial charge in [0, 0.05) is 19.8 Å². The number of hydrogen-bond donors (Lipinski definition) is 0. The summed E-state index contributed by atoms with van der Waals surface area (Å²) in [5, 5.41) is 0. The molecule has 0 aliphatic carbocycles. The second-order valence-corrected chi connectivity index (χ2v) is 4.49. The molecule has 0 spiro atoms. The lowest BCUT2D eigenvalue weighted by molar-refractivity contribution is 0.0730. The van der Waals surface area contributed by atoms with Crippen molar-refractivity contribution in [3.8, 4) is 11.5 Å². The zero-order valence-corrected chi connectivity index (χ0v) is 11.8. The van der Waals surface area contributed by atoms with E-state index in [1.165, 1.54) is 0 Å². The highest BCUT2D eigenvalue weighted by Gasteiger charge is 2.12. The number of nitrogens with zero attached hydrogens (tertiary/aromatic N) is 1. The van der Waals surface area contributed by atoms with Crippen LogP contribution >= 0.6 is 0 Å². The molecule has 0 bridgehead atoms. The van der Waals surface area contributed by atoms with Crippen LogP contribution in [0.3, 0.4) is 0 Å². The van der Waals surface area contributed by atoms with Gasteiger partial charge in [-0.3, -0.25) is 0 Å². The van der Waals surface area contributed by atoms with Crippen molar-refractivity contribution in [2.45, 2.75) is 0 Å². The monoisotopic (exact) mass is 271 g/mol. The van der Waals surface area contributed by atoms with Crippen molar-refractivity contribution in [1.29, 1.82) is 0 Å². The SMILES string of the molecule is COc1ccccc1OC(=O)c1cccc(N(C)C)c1. The van der Waals surface area contributed by atoms with Crippen molar-refractivity contribution in [2.24, 2.45) is 0 Å². The average molecular weight is 271 g/mol. The lowest BCUT2D eigenvalue weighted by Gasteiger charge is -2.13. The van der Waals surface area contributed by atoms with E-state index < -0.39 is 5.97 Å². The minimum absolute atomic E-state index is 0.404. The fourth-order valence-electron chi connectivity index (χ4n) is 1.77. The fourth-order valence-corrected chi connectivity index (χ4v) is 1.77. The Morgan fingerprint density at radius 2 is 1.70 bits per heavy atom. The van der Waals surface area contributed by atoms with Gasteiger partial charge in [-0.1, -0.05) is 18.2 Å². The van der Waals surface area contributed by atoms with Gasteiger partial charge in [-0.2, -0.15) is 0 Å². The number of para-hydroxylation sites is 2. The van der Waals surface area contributed by atoms with Crippen molar-refractivity contribution >= 4 is 11.7 Å². The first-order chi connectivity index (χ1) is 9.61. The van der Waals surface area contributed by atoms with E-state index in [0.717, 1.165) is 5.69 Å². The molecule has 104 valence electrons. The summed E-state index contributed by atoms with van der Waals surface area (Å²) in [4.78, 5) is 14.1. The average Bonchev–Trinajstić information content (AvgIpc) is 2.48. The van der Waals surface area contributed by atoms with Crippen LogP contribution in [0.2, 0.25) is 0 Å². The van der Waals surface area contributed by atoms with Gasteiger partial charge in [-0.25, -0.2) is 4.79 Å². The quantitative estimate of drug-likeness (QED) is 0.633. The Morgan fingerprint density at radius 1 is 1.00 bits per heavy atom. The molecule has 2 aromatic rings. The normalized spacial score (nSPS) is 9.95. The van der Waals surface area contributed by atoms with E-state index in [4.69, 9.17) is 9.47 Å². The highest BCUT2D eigenvalue weighted by atomic mass is 16.6. The number of hydrogen-bond acceptors (Lipinski definition) is 4. The Hall–Kier alpha value is -2.49. The zero-order chi connectivity index (χ0) is 14.5. The number of anilines is 1. The maximum Gasteiger partial charge on any atom is 0.343 e. The van der Waals surface area contributed by atoms with Gasteiger partial charge in [0.2, 0.25) is 0 Å². The molecule has 2 rings (SSSR count). The lowest BCUT2D eigenvalue weighted by atomic mass is 10.2. The number of ether oxygens (including phenoxy) is 2. The van der Waals surface area contributed by atoms with Gasteiger partial charge < -0.3 is 14.4 Å². The van der Waals surface area contributed by atoms with E-state index in [2.05, 4.69) is 0 Å². The maximum absolute atomic E-state index is 12.2. The highest BCUT2D eigenvalue weighted by molar-refractivity contribution is 5.92. The van der Waals surface area contributed by atoms with E-state index in [1.54, 1.807) is 37.4 Å². The van der Waals surface area contributed by atoms with Gasteiger partial charge in [0.05, 0.1) is 12.7 Å². The first kappa shape index (κ1) is 13.9. The molecular formula is C16H17NO3. The third kappa shape index (κ3) is 3.09. The first-order valence-corrected chi connectivity index (χ1v) is 6.24. The molecule has 0 unspecified atom stereocenters. The van der Waals surface area contributed by atoms with E-state index >= 15 is 0 Å². The van der Waals surface area contributed by atoms with Crippen molar-refractivity contribution in [1.82, 2.24) is 0 Å². The van der Waals surface area contributed by atoms with Crippen LogP contribution in [0.15, 0.2) is 48.5 Å². The van der Waals surface area contributed by atoms with E-state index in [1.807, 2.05) is 37.2 Å². The van der Waals surface area contributed by atoms with Gasteiger partial charge in [0.15, 0.2) is 11.5 Å². The molecule has 0 fully saturated rings. The summed E-state index contributed by atoms with van der Waals surface area (Å²) in [6, 6.07) is 14.3. The Labute approximate surface area is 118 Å². The van der Waals surface area contributed by atoms with Gasteiger partial charge in [0.1, 0.15) is 0 Å². The largest absolute Gasteiger partial charge is 0.493 e. The topological polar surface area (TPSA) is 38.8 Å². The molecule has 4 nitrogen and oxygen atoms in total. The molecule has 2 aromatic carbocycles. The van der Waals surface area contributed by atoms with Crippen molar-refractivity contribution in [2.75, 3.05) is 26.1 Å². The molecule has 0 radical (unpaired) electrons. The Balaban J connectivity index is 2.22. The van der Waals surface area contributed by atoms with Crippen LogP contribution in [0.25, 0.3) is 0 Å². The van der Waals surface area contributed by atoms with Crippen molar-refractivity contribution in [3.63, 3.8) is 0 Å². The van der Waals surface area contributed by atoms with Gasteiger partial charge in [-0.05, 0) is 30.3 Å². The Morgan fingerprint density at radius 3 is 2.35 bits per heavy atom. The second-order valence-electron chi connectivity index (χ2n) is 4.49.